The van der Waals surface area contributed by atoms with Crippen molar-refractivity contribution in [1.82, 2.24) is 9.97 Å². The zero-order valence-corrected chi connectivity index (χ0v) is 18.2. The van der Waals surface area contributed by atoms with Gasteiger partial charge >= 0.3 is 0 Å². The monoisotopic (exact) mass is 421 g/mol. The predicted molar refractivity (Wildman–Crippen MR) is 118 cm³/mol. The minimum Gasteiger partial charge on any atom is -0.325 e. The van der Waals surface area contributed by atoms with Gasteiger partial charge in [0.15, 0.2) is 10.9 Å². The molecule has 2 N–H and O–H groups in total. The molecule has 7 heteroatoms. The number of anilines is 1. The number of Topliss-reactive ketones (excluding diaryl/α,β-unsaturated/α-hetero) is 1. The molecule has 3 aromatic rings. The Labute approximate surface area is 178 Å². The molecule has 30 heavy (non-hydrogen) atoms. The first-order valence-electron chi connectivity index (χ1n) is 9.77. The van der Waals surface area contributed by atoms with Gasteiger partial charge in [-0.1, -0.05) is 37.6 Å². The average Bonchev–Trinajstić information content (AvgIpc) is 3.08. The lowest BCUT2D eigenvalue weighted by atomic mass is 9.75. The van der Waals surface area contributed by atoms with Crippen LogP contribution in [0, 0.1) is 19.3 Å². The van der Waals surface area contributed by atoms with E-state index in [0.717, 1.165) is 16.8 Å². The Morgan fingerprint density at radius 3 is 2.63 bits per heavy atom. The van der Waals surface area contributed by atoms with E-state index in [1.807, 2.05) is 45.2 Å². The van der Waals surface area contributed by atoms with E-state index in [9.17, 15) is 14.4 Å². The Hall–Kier alpha value is -3.06. The minimum atomic E-state index is -0.571. The number of rotatable bonds is 3. The molecule has 4 rings (SSSR count). The summed E-state index contributed by atoms with van der Waals surface area (Å²) in [4.78, 5) is 45.0. The van der Waals surface area contributed by atoms with Crippen LogP contribution in [0.3, 0.4) is 0 Å². The number of hydrogen-bond donors (Lipinski definition) is 2. The molecule has 0 atom stereocenters. The summed E-state index contributed by atoms with van der Waals surface area (Å²) in [5.74, 6) is -0.629. The van der Waals surface area contributed by atoms with Crippen molar-refractivity contribution in [2.45, 2.75) is 40.5 Å². The first kappa shape index (κ1) is 20.2. The number of thiazole rings is 1. The van der Waals surface area contributed by atoms with Crippen LogP contribution in [0.25, 0.3) is 11.3 Å². The van der Waals surface area contributed by atoms with Crippen molar-refractivity contribution in [2.24, 2.45) is 5.41 Å². The number of nitrogens with zero attached hydrogens (tertiary/aromatic N) is 1. The number of aryl methyl sites for hydroxylation is 2. The molecule has 0 bridgehead atoms. The third-order valence-corrected chi connectivity index (χ3v) is 6.10. The number of H-pyrrole nitrogens is 1. The van der Waals surface area contributed by atoms with Crippen LogP contribution < -0.4 is 10.9 Å². The number of ketones is 1. The van der Waals surface area contributed by atoms with Gasteiger partial charge < -0.3 is 4.98 Å². The van der Waals surface area contributed by atoms with Gasteiger partial charge in [0.05, 0.1) is 5.69 Å². The van der Waals surface area contributed by atoms with Crippen molar-refractivity contribution < 1.29 is 9.59 Å². The molecule has 1 aliphatic rings. The molecule has 2 heterocycles. The Balaban J connectivity index is 1.60. The summed E-state index contributed by atoms with van der Waals surface area (Å²) in [5, 5.41) is 4.97. The molecular formula is C23H23N3O3S. The van der Waals surface area contributed by atoms with Crippen molar-refractivity contribution in [3.63, 3.8) is 0 Å². The Morgan fingerprint density at radius 2 is 1.90 bits per heavy atom. The first-order chi connectivity index (χ1) is 14.1. The van der Waals surface area contributed by atoms with Crippen LogP contribution in [0.2, 0.25) is 0 Å². The van der Waals surface area contributed by atoms with Crippen molar-refractivity contribution in [3.8, 4) is 11.3 Å². The normalized spacial score (nSPS) is 15.0. The van der Waals surface area contributed by atoms with E-state index in [1.54, 1.807) is 0 Å². The fraction of sp³-hybridized carbons (Fsp3) is 0.304. The first-order valence-corrected chi connectivity index (χ1v) is 10.6. The number of pyridine rings is 1. The molecule has 0 fully saturated rings. The number of amides is 1. The molecule has 0 saturated heterocycles. The quantitative estimate of drug-likeness (QED) is 0.650. The summed E-state index contributed by atoms with van der Waals surface area (Å²) in [6.45, 7) is 8.03. The highest BCUT2D eigenvalue weighted by Crippen LogP contribution is 2.33. The number of hydrogen-bond acceptors (Lipinski definition) is 5. The van der Waals surface area contributed by atoms with Crippen molar-refractivity contribution in [2.75, 3.05) is 5.32 Å². The fourth-order valence-electron chi connectivity index (χ4n) is 3.92. The van der Waals surface area contributed by atoms with Gasteiger partial charge in [-0.25, -0.2) is 4.98 Å². The van der Waals surface area contributed by atoms with Crippen LogP contribution in [-0.2, 0) is 6.42 Å². The predicted octanol–water partition coefficient (Wildman–Crippen LogP) is 4.52. The van der Waals surface area contributed by atoms with Gasteiger partial charge in [-0.3, -0.25) is 19.7 Å². The maximum atomic E-state index is 12.7. The van der Waals surface area contributed by atoms with Crippen LogP contribution in [0.4, 0.5) is 5.13 Å². The zero-order valence-electron chi connectivity index (χ0n) is 17.4. The number of aromatic amines is 1. The van der Waals surface area contributed by atoms with Gasteiger partial charge in [-0.2, -0.15) is 0 Å². The van der Waals surface area contributed by atoms with Crippen molar-refractivity contribution in [1.29, 1.82) is 0 Å². The minimum absolute atomic E-state index is 0.0575. The van der Waals surface area contributed by atoms with Crippen LogP contribution in [0.5, 0.6) is 0 Å². The highest BCUT2D eigenvalue weighted by molar-refractivity contribution is 7.14. The van der Waals surface area contributed by atoms with Crippen molar-refractivity contribution >= 4 is 28.2 Å². The summed E-state index contributed by atoms with van der Waals surface area (Å²) in [6, 6.07) is 7.52. The summed E-state index contributed by atoms with van der Waals surface area (Å²) < 4.78 is 0. The van der Waals surface area contributed by atoms with Gasteiger partial charge in [0.25, 0.3) is 11.5 Å². The smallest absolute Gasteiger partial charge is 0.263 e. The van der Waals surface area contributed by atoms with Crippen molar-refractivity contribution in [3.05, 3.63) is 67.9 Å². The number of carbonyl (C=O) groups is 2. The lowest BCUT2D eigenvalue weighted by Crippen LogP contribution is -2.32. The lowest BCUT2D eigenvalue weighted by molar-refractivity contribution is 0.0910. The summed E-state index contributed by atoms with van der Waals surface area (Å²) in [5.41, 5.74) is 4.28. The third kappa shape index (κ3) is 3.85. The lowest BCUT2D eigenvalue weighted by Gasteiger charge is -2.29. The van der Waals surface area contributed by atoms with Crippen LogP contribution in [-0.4, -0.2) is 21.7 Å². The molecular weight excluding hydrogens is 398 g/mol. The fourth-order valence-corrected chi connectivity index (χ4v) is 4.62. The van der Waals surface area contributed by atoms with Crippen LogP contribution in [0.1, 0.15) is 57.8 Å². The summed E-state index contributed by atoms with van der Waals surface area (Å²) in [7, 11) is 0. The molecule has 0 saturated carbocycles. The van der Waals surface area contributed by atoms with Gasteiger partial charge in [-0.15, -0.1) is 11.3 Å². The maximum absolute atomic E-state index is 12.7. The van der Waals surface area contributed by atoms with E-state index in [1.165, 1.54) is 23.0 Å². The summed E-state index contributed by atoms with van der Waals surface area (Å²) >= 11 is 1.29. The van der Waals surface area contributed by atoms with E-state index in [-0.39, 0.29) is 16.8 Å². The second kappa shape index (κ2) is 7.32. The molecule has 1 aliphatic carbocycles. The standard InChI is InChI=1S/C23H23N3O3S/c1-12-5-6-14(13(2)7-12)18-11-30-22(25-18)26-21(29)16-8-15-17(24-20(16)28)9-23(3,4)10-19(15)27/h5-8,11H,9-10H2,1-4H3,(H,24,28)(H,25,26,29). The number of aromatic nitrogens is 2. The molecule has 6 nitrogen and oxygen atoms in total. The topological polar surface area (TPSA) is 91.9 Å². The maximum Gasteiger partial charge on any atom is 0.263 e. The Morgan fingerprint density at radius 1 is 1.13 bits per heavy atom. The number of benzene rings is 1. The average molecular weight is 422 g/mol. The van der Waals surface area contributed by atoms with E-state index >= 15 is 0 Å². The molecule has 2 aromatic heterocycles. The Bertz CT molecular complexity index is 1240. The van der Waals surface area contributed by atoms with E-state index < -0.39 is 11.5 Å². The number of carbonyl (C=O) groups excluding carboxylic acids is 2. The van der Waals surface area contributed by atoms with E-state index in [0.29, 0.717) is 29.2 Å². The Kier molecular flexibility index (Phi) is 4.94. The highest BCUT2D eigenvalue weighted by Gasteiger charge is 2.32. The third-order valence-electron chi connectivity index (χ3n) is 5.34. The molecule has 1 amide bonds. The SMILES string of the molecule is Cc1ccc(-c2csc(NC(=O)c3cc4c([nH]c3=O)CC(C)(C)CC4=O)n2)c(C)c1. The second-order valence-corrected chi connectivity index (χ2v) is 9.51. The van der Waals surface area contributed by atoms with E-state index in [2.05, 4.69) is 21.4 Å². The molecule has 0 unspecified atom stereocenters. The molecule has 154 valence electrons. The van der Waals surface area contributed by atoms with Gasteiger partial charge in [0, 0.05) is 28.6 Å². The van der Waals surface area contributed by atoms with Crippen LogP contribution in [0.15, 0.2) is 34.4 Å². The summed E-state index contributed by atoms with van der Waals surface area (Å²) in [6.07, 6.45) is 0.982. The van der Waals surface area contributed by atoms with E-state index in [4.69, 9.17) is 0 Å². The molecule has 0 aliphatic heterocycles. The highest BCUT2D eigenvalue weighted by atomic mass is 32.1. The number of nitrogens with one attached hydrogen (secondary N) is 2. The number of fused-ring (bicyclic) bond motifs is 1. The molecule has 1 aromatic carbocycles. The zero-order chi connectivity index (χ0) is 21.6. The van der Waals surface area contributed by atoms with Gasteiger partial charge in [-0.05, 0) is 37.3 Å². The second-order valence-electron chi connectivity index (χ2n) is 8.66. The molecule has 0 radical (unpaired) electrons. The van der Waals surface area contributed by atoms with Gasteiger partial charge in [0.1, 0.15) is 5.56 Å². The molecule has 0 spiro atoms. The van der Waals surface area contributed by atoms with Gasteiger partial charge in [0.2, 0.25) is 0 Å². The van der Waals surface area contributed by atoms with Crippen LogP contribution >= 0.6 is 11.3 Å². The largest absolute Gasteiger partial charge is 0.325 e.